The number of nitrogens with zero attached hydrogens (tertiary/aromatic N) is 1. The van der Waals surface area contributed by atoms with Crippen LogP contribution in [0.15, 0.2) is 42.5 Å². The highest BCUT2D eigenvalue weighted by atomic mass is 35.5. The number of benzene rings is 2. The normalized spacial score (nSPS) is 10.8. The maximum absolute atomic E-state index is 12.5. The SMILES string of the molecule is COC(=O)c1cc(NC(=O)CN(c2cccc(Cl)c2)S(C)(=O)=O)cc(C(=O)OC)c1. The van der Waals surface area contributed by atoms with Gasteiger partial charge in [-0.15, -0.1) is 0 Å². The average molecular weight is 455 g/mol. The van der Waals surface area contributed by atoms with Gasteiger partial charge in [-0.1, -0.05) is 17.7 Å². The summed E-state index contributed by atoms with van der Waals surface area (Å²) < 4.78 is 34.5. The van der Waals surface area contributed by atoms with Crippen LogP contribution in [-0.4, -0.2) is 53.3 Å². The van der Waals surface area contributed by atoms with Gasteiger partial charge in [0.1, 0.15) is 6.54 Å². The Hall–Kier alpha value is -3.11. The van der Waals surface area contributed by atoms with Crippen molar-refractivity contribution in [2.45, 2.75) is 0 Å². The number of nitrogens with one attached hydrogen (secondary N) is 1. The second kappa shape index (κ2) is 9.59. The maximum Gasteiger partial charge on any atom is 0.337 e. The van der Waals surface area contributed by atoms with Crippen LogP contribution in [0.25, 0.3) is 0 Å². The number of amides is 1. The van der Waals surface area contributed by atoms with E-state index in [1.807, 2.05) is 0 Å². The van der Waals surface area contributed by atoms with E-state index in [1.54, 1.807) is 12.1 Å². The Bertz CT molecular complexity index is 1050. The van der Waals surface area contributed by atoms with E-state index >= 15 is 0 Å². The van der Waals surface area contributed by atoms with Crippen LogP contribution in [0, 0.1) is 0 Å². The number of carbonyl (C=O) groups excluding carboxylic acids is 3. The fourth-order valence-electron chi connectivity index (χ4n) is 2.53. The van der Waals surface area contributed by atoms with Crippen LogP contribution in [0.5, 0.6) is 0 Å². The van der Waals surface area contributed by atoms with Gasteiger partial charge in [0.2, 0.25) is 15.9 Å². The molecular formula is C19H19ClN2O7S. The van der Waals surface area contributed by atoms with Crippen molar-refractivity contribution in [1.29, 1.82) is 0 Å². The van der Waals surface area contributed by atoms with Crippen LogP contribution in [0.3, 0.4) is 0 Å². The molecule has 11 heteroatoms. The van der Waals surface area contributed by atoms with E-state index in [0.29, 0.717) is 5.02 Å². The molecule has 1 amide bonds. The minimum Gasteiger partial charge on any atom is -0.465 e. The summed E-state index contributed by atoms with van der Waals surface area (Å²) in [4.78, 5) is 36.3. The monoisotopic (exact) mass is 454 g/mol. The van der Waals surface area contributed by atoms with Crippen molar-refractivity contribution in [3.8, 4) is 0 Å². The number of hydrogen-bond donors (Lipinski definition) is 1. The molecule has 0 radical (unpaired) electrons. The Kier molecular flexibility index (Phi) is 7.41. The highest BCUT2D eigenvalue weighted by Crippen LogP contribution is 2.22. The first-order chi connectivity index (χ1) is 14.0. The summed E-state index contributed by atoms with van der Waals surface area (Å²) in [7, 11) is -1.47. The van der Waals surface area contributed by atoms with Gasteiger partial charge in [-0.05, 0) is 36.4 Å². The third-order valence-corrected chi connectivity index (χ3v) is 5.22. The van der Waals surface area contributed by atoms with Gasteiger partial charge >= 0.3 is 11.9 Å². The van der Waals surface area contributed by atoms with Crippen molar-refractivity contribution in [2.75, 3.05) is 36.6 Å². The molecule has 0 saturated heterocycles. The Balaban J connectivity index is 2.33. The molecule has 0 saturated carbocycles. The summed E-state index contributed by atoms with van der Waals surface area (Å²) in [5.41, 5.74) is 0.303. The number of anilines is 2. The zero-order valence-corrected chi connectivity index (χ0v) is 17.9. The van der Waals surface area contributed by atoms with Gasteiger partial charge in [-0.2, -0.15) is 0 Å². The van der Waals surface area contributed by atoms with Gasteiger partial charge in [0, 0.05) is 10.7 Å². The predicted molar refractivity (Wildman–Crippen MR) is 111 cm³/mol. The van der Waals surface area contributed by atoms with Crippen molar-refractivity contribution in [3.63, 3.8) is 0 Å². The zero-order chi connectivity index (χ0) is 22.5. The number of sulfonamides is 1. The lowest BCUT2D eigenvalue weighted by Gasteiger charge is -2.22. The number of hydrogen-bond acceptors (Lipinski definition) is 7. The van der Waals surface area contributed by atoms with Gasteiger partial charge in [0.05, 0.1) is 37.3 Å². The average Bonchev–Trinajstić information content (AvgIpc) is 2.69. The highest BCUT2D eigenvalue weighted by Gasteiger charge is 2.22. The Morgan fingerprint density at radius 1 is 1.00 bits per heavy atom. The molecule has 0 aliphatic carbocycles. The van der Waals surface area contributed by atoms with Crippen LogP contribution in [0.4, 0.5) is 11.4 Å². The molecule has 160 valence electrons. The highest BCUT2D eigenvalue weighted by molar-refractivity contribution is 7.92. The molecule has 0 heterocycles. The van der Waals surface area contributed by atoms with Gasteiger partial charge in [-0.25, -0.2) is 18.0 Å². The predicted octanol–water partition coefficient (Wildman–Crippen LogP) is 2.32. The molecular weight excluding hydrogens is 436 g/mol. The van der Waals surface area contributed by atoms with E-state index < -0.39 is 34.4 Å². The molecule has 0 aliphatic rings. The minimum atomic E-state index is -3.81. The lowest BCUT2D eigenvalue weighted by molar-refractivity contribution is -0.114. The number of carbonyl (C=O) groups is 3. The van der Waals surface area contributed by atoms with E-state index in [-0.39, 0.29) is 22.5 Å². The fourth-order valence-corrected chi connectivity index (χ4v) is 3.57. The quantitative estimate of drug-likeness (QED) is 0.637. The number of esters is 2. The van der Waals surface area contributed by atoms with Crippen molar-refractivity contribution < 1.29 is 32.3 Å². The Labute approximate surface area is 178 Å². The Morgan fingerprint density at radius 2 is 1.57 bits per heavy atom. The second-order valence-corrected chi connectivity index (χ2v) is 8.42. The Morgan fingerprint density at radius 3 is 2.03 bits per heavy atom. The maximum atomic E-state index is 12.5. The molecule has 0 bridgehead atoms. The van der Waals surface area contributed by atoms with Crippen molar-refractivity contribution in [1.82, 2.24) is 0 Å². The standard InChI is InChI=1S/C19H19ClN2O7S/c1-28-18(24)12-7-13(19(25)29-2)9-15(8-12)21-17(23)11-22(30(3,26)27)16-6-4-5-14(20)10-16/h4-10H,11H2,1-3H3,(H,21,23). The summed E-state index contributed by atoms with van der Waals surface area (Å²) >= 11 is 5.92. The molecule has 0 aromatic heterocycles. The van der Waals surface area contributed by atoms with E-state index in [9.17, 15) is 22.8 Å². The lowest BCUT2D eigenvalue weighted by atomic mass is 10.1. The summed E-state index contributed by atoms with van der Waals surface area (Å²) in [5, 5.41) is 2.77. The van der Waals surface area contributed by atoms with Crippen LogP contribution in [0.2, 0.25) is 5.02 Å². The molecule has 0 atom stereocenters. The van der Waals surface area contributed by atoms with E-state index in [4.69, 9.17) is 11.6 Å². The third kappa shape index (κ3) is 5.94. The number of methoxy groups -OCH3 is 2. The summed E-state index contributed by atoms with van der Waals surface area (Å²) in [5.74, 6) is -2.17. The van der Waals surface area contributed by atoms with Crippen LogP contribution >= 0.6 is 11.6 Å². The zero-order valence-electron chi connectivity index (χ0n) is 16.3. The molecule has 1 N–H and O–H groups in total. The first-order valence-electron chi connectivity index (χ1n) is 8.40. The summed E-state index contributed by atoms with van der Waals surface area (Å²) in [6.45, 7) is -0.560. The van der Waals surface area contributed by atoms with Crippen LogP contribution < -0.4 is 9.62 Å². The van der Waals surface area contributed by atoms with Crippen molar-refractivity contribution in [2.24, 2.45) is 0 Å². The molecule has 0 aliphatic heterocycles. The first-order valence-corrected chi connectivity index (χ1v) is 10.6. The van der Waals surface area contributed by atoms with Gasteiger partial charge in [0.15, 0.2) is 0 Å². The van der Waals surface area contributed by atoms with Crippen LogP contribution in [-0.2, 0) is 24.3 Å². The molecule has 2 aromatic rings. The molecule has 9 nitrogen and oxygen atoms in total. The summed E-state index contributed by atoms with van der Waals surface area (Å²) in [6.07, 6.45) is 0.953. The minimum absolute atomic E-state index is 0.00510. The third-order valence-electron chi connectivity index (χ3n) is 3.84. The van der Waals surface area contributed by atoms with E-state index in [1.165, 1.54) is 44.6 Å². The van der Waals surface area contributed by atoms with Crippen molar-refractivity contribution in [3.05, 3.63) is 58.6 Å². The van der Waals surface area contributed by atoms with Gasteiger partial charge in [-0.3, -0.25) is 9.10 Å². The first kappa shape index (κ1) is 23.2. The smallest absolute Gasteiger partial charge is 0.337 e. The number of rotatable bonds is 7. The molecule has 0 unspecified atom stereocenters. The largest absolute Gasteiger partial charge is 0.465 e. The van der Waals surface area contributed by atoms with Gasteiger partial charge in [0.25, 0.3) is 0 Å². The molecule has 0 spiro atoms. The molecule has 30 heavy (non-hydrogen) atoms. The molecule has 0 fully saturated rings. The van der Waals surface area contributed by atoms with Gasteiger partial charge < -0.3 is 14.8 Å². The molecule has 2 aromatic carbocycles. The topological polar surface area (TPSA) is 119 Å². The van der Waals surface area contributed by atoms with Crippen molar-refractivity contribution >= 4 is 50.8 Å². The lowest BCUT2D eigenvalue weighted by Crippen LogP contribution is -2.37. The second-order valence-electron chi connectivity index (χ2n) is 6.08. The summed E-state index contributed by atoms with van der Waals surface area (Å²) in [6, 6.07) is 9.85. The fraction of sp³-hybridized carbons (Fsp3) is 0.211. The molecule has 2 rings (SSSR count). The van der Waals surface area contributed by atoms with E-state index in [0.717, 1.165) is 10.6 Å². The number of halogens is 1. The van der Waals surface area contributed by atoms with Crippen LogP contribution in [0.1, 0.15) is 20.7 Å². The van der Waals surface area contributed by atoms with E-state index in [2.05, 4.69) is 14.8 Å². The number of ether oxygens (including phenoxy) is 2.